The predicted octanol–water partition coefficient (Wildman–Crippen LogP) is 1.98. The molecule has 4 amide bonds. The van der Waals surface area contributed by atoms with Gasteiger partial charge in [0.05, 0.1) is 4.88 Å². The summed E-state index contributed by atoms with van der Waals surface area (Å²) in [5, 5.41) is 10.4. The first-order valence-electron chi connectivity index (χ1n) is 9.20. The first-order chi connectivity index (χ1) is 12.9. The molecule has 2 heterocycles. The lowest BCUT2D eigenvalue weighted by Gasteiger charge is -2.36. The third kappa shape index (κ3) is 6.09. The monoisotopic (exact) mass is 392 g/mol. The van der Waals surface area contributed by atoms with Gasteiger partial charge in [-0.25, -0.2) is 4.79 Å². The molecule has 27 heavy (non-hydrogen) atoms. The zero-order chi connectivity index (χ0) is 19.8. The molecule has 0 aromatic carbocycles. The van der Waals surface area contributed by atoms with Crippen molar-refractivity contribution in [3.8, 4) is 0 Å². The lowest BCUT2D eigenvalue weighted by molar-refractivity contribution is -0.124. The zero-order valence-electron chi connectivity index (χ0n) is 15.9. The Bertz CT molecular complexity index is 652. The molecular formula is C19H28N4O3S. The maximum absolute atomic E-state index is 12.6. The Morgan fingerprint density at radius 1 is 1.30 bits per heavy atom. The fourth-order valence-corrected chi connectivity index (χ4v) is 3.70. The van der Waals surface area contributed by atoms with Gasteiger partial charge in [-0.15, -0.1) is 17.9 Å². The van der Waals surface area contributed by atoms with E-state index in [1.54, 1.807) is 23.1 Å². The van der Waals surface area contributed by atoms with Crippen molar-refractivity contribution in [3.05, 3.63) is 35.0 Å². The average molecular weight is 393 g/mol. The van der Waals surface area contributed by atoms with Gasteiger partial charge in [0, 0.05) is 25.7 Å². The molecule has 1 aromatic rings. The van der Waals surface area contributed by atoms with Gasteiger partial charge in [0.25, 0.3) is 5.91 Å². The van der Waals surface area contributed by atoms with E-state index in [0.29, 0.717) is 37.4 Å². The van der Waals surface area contributed by atoms with Gasteiger partial charge in [-0.1, -0.05) is 12.1 Å². The van der Waals surface area contributed by atoms with Crippen molar-refractivity contribution in [3.63, 3.8) is 0 Å². The zero-order valence-corrected chi connectivity index (χ0v) is 16.7. The summed E-state index contributed by atoms with van der Waals surface area (Å²) in [5.41, 5.74) is 0. The topological polar surface area (TPSA) is 90.5 Å². The van der Waals surface area contributed by atoms with E-state index in [1.165, 1.54) is 11.3 Å². The minimum Gasteiger partial charge on any atom is -0.351 e. The van der Waals surface area contributed by atoms with Crippen LogP contribution in [0, 0.1) is 5.92 Å². The summed E-state index contributed by atoms with van der Waals surface area (Å²) in [6.45, 7) is 8.91. The van der Waals surface area contributed by atoms with Crippen molar-refractivity contribution in [2.24, 2.45) is 5.92 Å². The van der Waals surface area contributed by atoms with Gasteiger partial charge in [0.2, 0.25) is 5.91 Å². The number of likely N-dealkylation sites (tertiary alicyclic amines) is 1. The second-order valence-corrected chi connectivity index (χ2v) is 7.84. The number of thiophene rings is 1. The largest absolute Gasteiger partial charge is 0.351 e. The molecule has 0 aliphatic carbocycles. The lowest BCUT2D eigenvalue weighted by Crippen LogP contribution is -2.54. The third-order valence-electron chi connectivity index (χ3n) is 4.45. The Labute approximate surface area is 164 Å². The molecule has 7 nitrogen and oxygen atoms in total. The number of hydrogen-bond donors (Lipinski definition) is 3. The van der Waals surface area contributed by atoms with E-state index in [4.69, 9.17) is 0 Å². The minimum absolute atomic E-state index is 0.0261. The van der Waals surface area contributed by atoms with Gasteiger partial charge >= 0.3 is 6.03 Å². The van der Waals surface area contributed by atoms with Crippen LogP contribution in [0.1, 0.15) is 36.4 Å². The fraction of sp³-hybridized carbons (Fsp3) is 0.526. The van der Waals surface area contributed by atoms with Gasteiger partial charge in [0.1, 0.15) is 6.04 Å². The van der Waals surface area contributed by atoms with Crippen LogP contribution in [0.4, 0.5) is 4.79 Å². The van der Waals surface area contributed by atoms with E-state index in [9.17, 15) is 14.4 Å². The molecule has 1 saturated heterocycles. The number of nitrogens with zero attached hydrogens (tertiary/aromatic N) is 1. The summed E-state index contributed by atoms with van der Waals surface area (Å²) in [6.07, 6.45) is 2.92. The molecule has 1 atom stereocenters. The summed E-state index contributed by atoms with van der Waals surface area (Å²) >= 11 is 1.34. The molecule has 8 heteroatoms. The molecule has 0 saturated carbocycles. The van der Waals surface area contributed by atoms with E-state index >= 15 is 0 Å². The minimum atomic E-state index is -0.630. The summed E-state index contributed by atoms with van der Waals surface area (Å²) in [4.78, 5) is 39.5. The molecule has 3 N–H and O–H groups in total. The van der Waals surface area contributed by atoms with Crippen LogP contribution in [0.15, 0.2) is 30.2 Å². The molecule has 148 valence electrons. The molecule has 0 spiro atoms. The summed E-state index contributed by atoms with van der Waals surface area (Å²) < 4.78 is 0. The van der Waals surface area contributed by atoms with E-state index in [-0.39, 0.29) is 29.8 Å². The van der Waals surface area contributed by atoms with Crippen LogP contribution in [0.5, 0.6) is 0 Å². The number of carbonyl (C=O) groups excluding carboxylic acids is 3. The number of rotatable bonds is 7. The van der Waals surface area contributed by atoms with Crippen molar-refractivity contribution in [1.82, 2.24) is 20.9 Å². The van der Waals surface area contributed by atoms with Crippen molar-refractivity contribution < 1.29 is 14.4 Å². The van der Waals surface area contributed by atoms with E-state index in [2.05, 4.69) is 22.5 Å². The van der Waals surface area contributed by atoms with Crippen LogP contribution in [0.25, 0.3) is 0 Å². The average Bonchev–Trinajstić information content (AvgIpc) is 3.18. The van der Waals surface area contributed by atoms with Crippen molar-refractivity contribution >= 4 is 29.2 Å². The standard InChI is InChI=1S/C19H28N4O3S/c1-4-9-20-18(25)16(22-17(24)15-6-5-12-27-15)14-7-10-23(11-8-14)19(26)21-13(2)3/h4-6,12-14,16H,1,7-11H2,2-3H3,(H,20,25)(H,21,26)(H,22,24)/t16-/m1/s1. The Hall–Kier alpha value is -2.35. The van der Waals surface area contributed by atoms with Crippen LogP contribution >= 0.6 is 11.3 Å². The summed E-state index contributed by atoms with van der Waals surface area (Å²) in [7, 11) is 0. The highest BCUT2D eigenvalue weighted by molar-refractivity contribution is 7.12. The van der Waals surface area contributed by atoms with Crippen LogP contribution in [-0.4, -0.2) is 54.5 Å². The first kappa shape index (κ1) is 21.0. The van der Waals surface area contributed by atoms with Gasteiger partial charge in [-0.05, 0) is 44.1 Å². The number of urea groups is 1. The van der Waals surface area contributed by atoms with Gasteiger partial charge in [0.15, 0.2) is 0 Å². The van der Waals surface area contributed by atoms with Crippen LogP contribution < -0.4 is 16.0 Å². The molecule has 0 unspecified atom stereocenters. The normalized spacial score (nSPS) is 15.9. The van der Waals surface area contributed by atoms with Crippen LogP contribution in [-0.2, 0) is 4.79 Å². The SMILES string of the molecule is C=CCNC(=O)[C@H](NC(=O)c1cccs1)C1CCN(C(=O)NC(C)C)CC1. The van der Waals surface area contributed by atoms with Gasteiger partial charge < -0.3 is 20.9 Å². The van der Waals surface area contributed by atoms with Crippen molar-refractivity contribution in [2.75, 3.05) is 19.6 Å². The quantitative estimate of drug-likeness (QED) is 0.620. The predicted molar refractivity (Wildman–Crippen MR) is 107 cm³/mol. The van der Waals surface area contributed by atoms with E-state index in [0.717, 1.165) is 0 Å². The number of carbonyl (C=O) groups is 3. The maximum atomic E-state index is 12.6. The highest BCUT2D eigenvalue weighted by Crippen LogP contribution is 2.22. The molecule has 1 aromatic heterocycles. The molecule has 0 bridgehead atoms. The second-order valence-electron chi connectivity index (χ2n) is 6.89. The van der Waals surface area contributed by atoms with Crippen molar-refractivity contribution in [1.29, 1.82) is 0 Å². The number of nitrogens with one attached hydrogen (secondary N) is 3. The third-order valence-corrected chi connectivity index (χ3v) is 5.31. The second kappa shape index (κ2) is 10.1. The Balaban J connectivity index is 2.01. The van der Waals surface area contributed by atoms with Crippen LogP contribution in [0.2, 0.25) is 0 Å². The lowest BCUT2D eigenvalue weighted by atomic mass is 9.88. The molecular weight excluding hydrogens is 364 g/mol. The highest BCUT2D eigenvalue weighted by atomic mass is 32.1. The Morgan fingerprint density at radius 3 is 2.56 bits per heavy atom. The molecule has 1 aliphatic heterocycles. The van der Waals surface area contributed by atoms with E-state index in [1.807, 2.05) is 19.2 Å². The summed E-state index contributed by atoms with van der Waals surface area (Å²) in [5.74, 6) is -0.490. The molecule has 1 fully saturated rings. The number of hydrogen-bond acceptors (Lipinski definition) is 4. The Kier molecular flexibility index (Phi) is 7.84. The smallest absolute Gasteiger partial charge is 0.317 e. The Morgan fingerprint density at radius 2 is 2.00 bits per heavy atom. The molecule has 0 radical (unpaired) electrons. The van der Waals surface area contributed by atoms with Gasteiger partial charge in [-0.2, -0.15) is 0 Å². The van der Waals surface area contributed by atoms with Gasteiger partial charge in [-0.3, -0.25) is 9.59 Å². The number of amides is 4. The molecule has 2 rings (SSSR count). The maximum Gasteiger partial charge on any atom is 0.317 e. The first-order valence-corrected chi connectivity index (χ1v) is 10.1. The molecule has 1 aliphatic rings. The summed E-state index contributed by atoms with van der Waals surface area (Å²) in [6, 6.07) is 2.90. The number of piperidine rings is 1. The van der Waals surface area contributed by atoms with Crippen molar-refractivity contribution in [2.45, 2.75) is 38.8 Å². The van der Waals surface area contributed by atoms with Crippen LogP contribution in [0.3, 0.4) is 0 Å². The highest BCUT2D eigenvalue weighted by Gasteiger charge is 2.34. The van der Waals surface area contributed by atoms with E-state index < -0.39 is 6.04 Å². The fourth-order valence-electron chi connectivity index (χ4n) is 3.07.